The van der Waals surface area contributed by atoms with Gasteiger partial charge < -0.3 is 19.5 Å². The Morgan fingerprint density at radius 2 is 1.94 bits per heavy atom. The first-order valence-electron chi connectivity index (χ1n) is 5.49. The number of rotatable bonds is 7. The van der Waals surface area contributed by atoms with Gasteiger partial charge in [-0.3, -0.25) is 9.59 Å². The molecule has 100 valence electrons. The molecule has 0 aromatic carbocycles. The van der Waals surface area contributed by atoms with Gasteiger partial charge in [-0.1, -0.05) is 0 Å². The summed E-state index contributed by atoms with van der Waals surface area (Å²) in [6.45, 7) is 5.04. The fourth-order valence-corrected chi connectivity index (χ4v) is 1.20. The molecule has 0 heterocycles. The summed E-state index contributed by atoms with van der Waals surface area (Å²) >= 11 is 0. The minimum absolute atomic E-state index is 0.181. The van der Waals surface area contributed by atoms with E-state index in [-0.39, 0.29) is 19.7 Å². The third-order valence-corrected chi connectivity index (χ3v) is 2.00. The first-order valence-corrected chi connectivity index (χ1v) is 5.49. The second-order valence-corrected chi connectivity index (χ2v) is 4.08. The number of carbonyl (C=O) groups excluding carboxylic acids is 2. The molecule has 0 aliphatic carbocycles. The van der Waals surface area contributed by atoms with Crippen LogP contribution in [0, 0.1) is 0 Å². The van der Waals surface area contributed by atoms with Crippen molar-refractivity contribution in [2.24, 2.45) is 0 Å². The van der Waals surface area contributed by atoms with E-state index in [9.17, 15) is 14.7 Å². The Hall–Kier alpha value is -1.14. The zero-order valence-corrected chi connectivity index (χ0v) is 10.9. The number of methoxy groups -OCH3 is 1. The minimum atomic E-state index is -1.51. The molecule has 0 spiro atoms. The molecule has 6 nitrogen and oxygen atoms in total. The predicted octanol–water partition coefficient (Wildman–Crippen LogP) is -0.205. The van der Waals surface area contributed by atoms with E-state index in [1.165, 1.54) is 25.9 Å². The number of amides is 1. The highest BCUT2D eigenvalue weighted by Crippen LogP contribution is 2.07. The number of hydrogen-bond donors (Lipinski definition) is 1. The van der Waals surface area contributed by atoms with E-state index in [2.05, 4.69) is 0 Å². The van der Waals surface area contributed by atoms with E-state index in [1.54, 1.807) is 6.92 Å². The van der Waals surface area contributed by atoms with Crippen LogP contribution in [0.4, 0.5) is 0 Å². The van der Waals surface area contributed by atoms with Gasteiger partial charge >= 0.3 is 5.97 Å². The molecule has 0 saturated carbocycles. The Morgan fingerprint density at radius 1 is 1.35 bits per heavy atom. The molecule has 0 bridgehead atoms. The number of hydrogen-bond acceptors (Lipinski definition) is 5. The number of aliphatic hydroxyl groups is 1. The maximum Gasteiger partial charge on any atom is 0.325 e. The second kappa shape index (κ2) is 7.24. The van der Waals surface area contributed by atoms with Crippen LogP contribution >= 0.6 is 0 Å². The zero-order chi connectivity index (χ0) is 13.5. The van der Waals surface area contributed by atoms with Gasteiger partial charge in [0.05, 0.1) is 13.2 Å². The maximum atomic E-state index is 11.8. The van der Waals surface area contributed by atoms with Gasteiger partial charge in [0.1, 0.15) is 12.1 Å². The molecule has 0 aliphatic heterocycles. The topological polar surface area (TPSA) is 76.1 Å². The summed E-state index contributed by atoms with van der Waals surface area (Å²) in [6, 6.07) is 0. The normalized spacial score (nSPS) is 11.1. The number of nitrogens with zero attached hydrogens (tertiary/aromatic N) is 1. The molecule has 0 unspecified atom stereocenters. The molecule has 0 aliphatic rings. The molecule has 0 rings (SSSR count). The van der Waals surface area contributed by atoms with Crippen LogP contribution in [-0.2, 0) is 19.1 Å². The third kappa shape index (κ3) is 6.23. The van der Waals surface area contributed by atoms with Crippen molar-refractivity contribution in [1.82, 2.24) is 4.90 Å². The second-order valence-electron chi connectivity index (χ2n) is 4.08. The Balaban J connectivity index is 4.53. The van der Waals surface area contributed by atoms with Crippen LogP contribution in [0.3, 0.4) is 0 Å². The Bertz CT molecular complexity index is 259. The number of carbonyl (C=O) groups is 2. The van der Waals surface area contributed by atoms with Crippen molar-refractivity contribution in [3.05, 3.63) is 0 Å². The van der Waals surface area contributed by atoms with Gasteiger partial charge in [-0.2, -0.15) is 0 Å². The molecule has 0 aromatic heterocycles. The van der Waals surface area contributed by atoms with Crippen molar-refractivity contribution in [2.45, 2.75) is 26.4 Å². The molecule has 0 saturated heterocycles. The molecular weight excluding hydrogens is 226 g/mol. The van der Waals surface area contributed by atoms with Gasteiger partial charge in [0.15, 0.2) is 0 Å². The summed E-state index contributed by atoms with van der Waals surface area (Å²) in [5, 5.41) is 9.61. The minimum Gasteiger partial charge on any atom is -0.465 e. The third-order valence-electron chi connectivity index (χ3n) is 2.00. The van der Waals surface area contributed by atoms with Crippen LogP contribution in [0.15, 0.2) is 0 Å². The molecule has 0 aromatic rings. The summed E-state index contributed by atoms with van der Waals surface area (Å²) in [6.07, 6.45) is 0. The summed E-state index contributed by atoms with van der Waals surface area (Å²) in [7, 11) is 1.50. The Labute approximate surface area is 101 Å². The lowest BCUT2D eigenvalue weighted by atomic mass is 10.1. The molecule has 0 fully saturated rings. The summed E-state index contributed by atoms with van der Waals surface area (Å²) in [4.78, 5) is 24.4. The number of ether oxygens (including phenoxy) is 2. The monoisotopic (exact) mass is 247 g/mol. The fourth-order valence-electron chi connectivity index (χ4n) is 1.20. The van der Waals surface area contributed by atoms with E-state index in [1.807, 2.05) is 0 Å². The maximum absolute atomic E-state index is 11.8. The van der Waals surface area contributed by atoms with Gasteiger partial charge in [0.2, 0.25) is 0 Å². The van der Waals surface area contributed by atoms with Gasteiger partial charge in [0.25, 0.3) is 5.91 Å². The lowest BCUT2D eigenvalue weighted by molar-refractivity contribution is -0.156. The first-order chi connectivity index (χ1) is 7.82. The Kier molecular flexibility index (Phi) is 6.75. The van der Waals surface area contributed by atoms with Crippen molar-refractivity contribution in [3.8, 4) is 0 Å². The molecule has 1 amide bonds. The molecular formula is C11H21NO5. The van der Waals surface area contributed by atoms with E-state index < -0.39 is 17.5 Å². The lowest BCUT2D eigenvalue weighted by Gasteiger charge is -2.27. The Morgan fingerprint density at radius 3 is 2.35 bits per heavy atom. The summed E-state index contributed by atoms with van der Waals surface area (Å²) in [5.41, 5.74) is -1.51. The van der Waals surface area contributed by atoms with Crippen molar-refractivity contribution in [2.75, 3.05) is 33.4 Å². The van der Waals surface area contributed by atoms with E-state index in [4.69, 9.17) is 9.47 Å². The molecule has 17 heavy (non-hydrogen) atoms. The summed E-state index contributed by atoms with van der Waals surface area (Å²) in [5.74, 6) is -1.02. The van der Waals surface area contributed by atoms with Gasteiger partial charge in [-0.15, -0.1) is 0 Å². The van der Waals surface area contributed by atoms with Gasteiger partial charge in [-0.05, 0) is 20.8 Å². The van der Waals surface area contributed by atoms with E-state index >= 15 is 0 Å². The summed E-state index contributed by atoms with van der Waals surface area (Å²) < 4.78 is 9.61. The van der Waals surface area contributed by atoms with Gasteiger partial charge in [0, 0.05) is 13.7 Å². The number of esters is 1. The van der Waals surface area contributed by atoms with E-state index in [0.717, 1.165) is 0 Å². The highest BCUT2D eigenvalue weighted by atomic mass is 16.5. The van der Waals surface area contributed by atoms with E-state index in [0.29, 0.717) is 6.61 Å². The van der Waals surface area contributed by atoms with Gasteiger partial charge in [-0.25, -0.2) is 0 Å². The van der Waals surface area contributed by atoms with Crippen LogP contribution in [0.2, 0.25) is 0 Å². The standard InChI is InChI=1S/C11H21NO5/c1-5-17-9(13)8-12(6-7-16-4)10(14)11(2,3)15/h15H,5-8H2,1-4H3. The molecule has 0 atom stereocenters. The molecule has 1 N–H and O–H groups in total. The van der Waals surface area contributed by atoms with Crippen LogP contribution in [0.1, 0.15) is 20.8 Å². The molecule has 0 radical (unpaired) electrons. The van der Waals surface area contributed by atoms with Crippen LogP contribution in [-0.4, -0.2) is 60.9 Å². The van der Waals surface area contributed by atoms with Crippen molar-refractivity contribution < 1.29 is 24.2 Å². The largest absolute Gasteiger partial charge is 0.465 e. The highest BCUT2D eigenvalue weighted by Gasteiger charge is 2.30. The smallest absolute Gasteiger partial charge is 0.325 e. The van der Waals surface area contributed by atoms with Crippen molar-refractivity contribution in [1.29, 1.82) is 0 Å². The fraction of sp³-hybridized carbons (Fsp3) is 0.818. The van der Waals surface area contributed by atoms with Crippen LogP contribution < -0.4 is 0 Å². The predicted molar refractivity (Wildman–Crippen MR) is 61.4 cm³/mol. The lowest BCUT2D eigenvalue weighted by Crippen LogP contribution is -2.48. The average Bonchev–Trinajstić information content (AvgIpc) is 2.22. The SMILES string of the molecule is CCOC(=O)CN(CCOC)C(=O)C(C)(C)O. The first kappa shape index (κ1) is 15.9. The average molecular weight is 247 g/mol. The van der Waals surface area contributed by atoms with Crippen LogP contribution in [0.5, 0.6) is 0 Å². The van der Waals surface area contributed by atoms with Crippen LogP contribution in [0.25, 0.3) is 0 Å². The van der Waals surface area contributed by atoms with Crippen molar-refractivity contribution >= 4 is 11.9 Å². The van der Waals surface area contributed by atoms with Crippen molar-refractivity contribution in [3.63, 3.8) is 0 Å². The zero-order valence-electron chi connectivity index (χ0n) is 10.9. The quantitative estimate of drug-likeness (QED) is 0.630. The highest BCUT2D eigenvalue weighted by molar-refractivity contribution is 5.87. The molecule has 6 heteroatoms.